The summed E-state index contributed by atoms with van der Waals surface area (Å²) in [7, 11) is -4.38. The number of nitriles is 1. The first-order valence-electron chi connectivity index (χ1n) is 8.26. The van der Waals surface area contributed by atoms with Crippen LogP contribution in [0.2, 0.25) is 0 Å². The van der Waals surface area contributed by atoms with Crippen molar-refractivity contribution in [3.63, 3.8) is 0 Å². The molecule has 8 nitrogen and oxygen atoms in total. The molecule has 0 atom stereocenters. The molecule has 1 amide bonds. The second kappa shape index (κ2) is 8.02. The van der Waals surface area contributed by atoms with Crippen molar-refractivity contribution in [1.29, 1.82) is 5.26 Å². The average molecular weight is 409 g/mol. The van der Waals surface area contributed by atoms with Crippen LogP contribution in [0.5, 0.6) is 5.75 Å². The third-order valence-electron chi connectivity index (χ3n) is 4.03. The SMILES string of the molecule is N#C/C(=C/Nc1cccc(S(=O)(=O)O)c1)C(=O)Nc1cccc2c(O)cccc12. The number of carbonyl (C=O) groups is 1. The molecule has 4 N–H and O–H groups in total. The van der Waals surface area contributed by atoms with Gasteiger partial charge in [0.15, 0.2) is 0 Å². The number of rotatable bonds is 5. The largest absolute Gasteiger partial charge is 0.507 e. The monoisotopic (exact) mass is 409 g/mol. The van der Waals surface area contributed by atoms with Crippen molar-refractivity contribution >= 4 is 38.2 Å². The van der Waals surface area contributed by atoms with Gasteiger partial charge in [-0.1, -0.05) is 30.3 Å². The van der Waals surface area contributed by atoms with E-state index in [9.17, 15) is 23.6 Å². The molecule has 0 aromatic heterocycles. The van der Waals surface area contributed by atoms with E-state index in [-0.39, 0.29) is 21.9 Å². The Bertz CT molecular complexity index is 1280. The minimum absolute atomic E-state index is 0.0648. The Balaban J connectivity index is 1.83. The molecular formula is C20H15N3O5S. The van der Waals surface area contributed by atoms with Gasteiger partial charge < -0.3 is 15.7 Å². The first-order chi connectivity index (χ1) is 13.8. The molecule has 29 heavy (non-hydrogen) atoms. The molecule has 0 aliphatic rings. The lowest BCUT2D eigenvalue weighted by atomic mass is 10.1. The molecule has 9 heteroatoms. The molecular weight excluding hydrogens is 394 g/mol. The van der Waals surface area contributed by atoms with Crippen LogP contribution in [0, 0.1) is 11.3 Å². The Morgan fingerprint density at radius 2 is 1.72 bits per heavy atom. The molecule has 3 rings (SSSR count). The van der Waals surface area contributed by atoms with Crippen molar-refractivity contribution < 1.29 is 22.9 Å². The third kappa shape index (κ3) is 4.52. The number of phenolic OH excluding ortho intramolecular Hbond substituents is 1. The van der Waals surface area contributed by atoms with Crippen molar-refractivity contribution in [2.24, 2.45) is 0 Å². The quantitative estimate of drug-likeness (QED) is 0.288. The van der Waals surface area contributed by atoms with E-state index in [1.807, 2.05) is 0 Å². The summed E-state index contributed by atoms with van der Waals surface area (Å²) >= 11 is 0. The number of fused-ring (bicyclic) bond motifs is 1. The van der Waals surface area contributed by atoms with Crippen LogP contribution < -0.4 is 10.6 Å². The van der Waals surface area contributed by atoms with Crippen molar-refractivity contribution in [1.82, 2.24) is 0 Å². The maximum Gasteiger partial charge on any atom is 0.294 e. The van der Waals surface area contributed by atoms with Crippen LogP contribution in [0.4, 0.5) is 11.4 Å². The van der Waals surface area contributed by atoms with Gasteiger partial charge in [0.1, 0.15) is 17.4 Å². The van der Waals surface area contributed by atoms with E-state index < -0.39 is 16.0 Å². The molecule has 0 unspecified atom stereocenters. The highest BCUT2D eigenvalue weighted by atomic mass is 32.2. The third-order valence-corrected chi connectivity index (χ3v) is 4.88. The topological polar surface area (TPSA) is 140 Å². The number of anilines is 2. The molecule has 0 saturated heterocycles. The normalized spacial score (nSPS) is 11.7. The van der Waals surface area contributed by atoms with Crippen molar-refractivity contribution in [3.8, 4) is 11.8 Å². The average Bonchev–Trinajstić information content (AvgIpc) is 2.69. The minimum atomic E-state index is -4.38. The molecule has 0 fully saturated rings. The fourth-order valence-electron chi connectivity index (χ4n) is 2.64. The van der Waals surface area contributed by atoms with Crippen LogP contribution in [0.3, 0.4) is 0 Å². The summed E-state index contributed by atoms with van der Waals surface area (Å²) in [5.74, 6) is -0.628. The second-order valence-electron chi connectivity index (χ2n) is 5.95. The Hall–Kier alpha value is -3.87. The van der Waals surface area contributed by atoms with Gasteiger partial charge in [-0.15, -0.1) is 0 Å². The number of aromatic hydroxyl groups is 1. The highest BCUT2D eigenvalue weighted by molar-refractivity contribution is 7.85. The minimum Gasteiger partial charge on any atom is -0.507 e. The highest BCUT2D eigenvalue weighted by Crippen LogP contribution is 2.30. The molecule has 3 aromatic rings. The zero-order chi connectivity index (χ0) is 21.0. The van der Waals surface area contributed by atoms with E-state index in [2.05, 4.69) is 10.6 Å². The first-order valence-corrected chi connectivity index (χ1v) is 9.70. The molecule has 0 bridgehead atoms. The van der Waals surface area contributed by atoms with Crippen LogP contribution in [0.15, 0.2) is 77.3 Å². The lowest BCUT2D eigenvalue weighted by molar-refractivity contribution is -0.112. The van der Waals surface area contributed by atoms with Crippen LogP contribution in [-0.2, 0) is 14.9 Å². The van der Waals surface area contributed by atoms with E-state index >= 15 is 0 Å². The van der Waals surface area contributed by atoms with Crippen molar-refractivity contribution in [3.05, 3.63) is 72.4 Å². The molecule has 0 saturated carbocycles. The van der Waals surface area contributed by atoms with Crippen molar-refractivity contribution in [2.45, 2.75) is 4.90 Å². The van der Waals surface area contributed by atoms with Gasteiger partial charge in [-0.2, -0.15) is 13.7 Å². The number of amides is 1. The maximum absolute atomic E-state index is 12.5. The smallest absolute Gasteiger partial charge is 0.294 e. The summed E-state index contributed by atoms with van der Waals surface area (Å²) in [6.07, 6.45) is 1.13. The summed E-state index contributed by atoms with van der Waals surface area (Å²) in [5.41, 5.74) is 0.410. The summed E-state index contributed by atoms with van der Waals surface area (Å²) in [6.45, 7) is 0. The standard InChI is InChI=1S/C20H15N3O5S/c21-11-13(12-22-14-4-1-5-15(10-14)29(26,27)28)20(25)23-18-8-2-7-17-16(18)6-3-9-19(17)24/h1-10,12,22,24H,(H,23,25)(H,26,27,28)/b13-12-. The van der Waals surface area contributed by atoms with Crippen LogP contribution >= 0.6 is 0 Å². The Morgan fingerprint density at radius 3 is 2.45 bits per heavy atom. The molecule has 0 aliphatic carbocycles. The molecule has 3 aromatic carbocycles. The fourth-order valence-corrected chi connectivity index (χ4v) is 3.17. The maximum atomic E-state index is 12.5. The molecule has 146 valence electrons. The number of nitrogens with one attached hydrogen (secondary N) is 2. The first kappa shape index (κ1) is 19.9. The fraction of sp³-hybridized carbons (Fsp3) is 0. The van der Waals surface area contributed by atoms with Gasteiger partial charge in [-0.3, -0.25) is 9.35 Å². The summed E-state index contributed by atoms with van der Waals surface area (Å²) in [4.78, 5) is 12.2. The Morgan fingerprint density at radius 1 is 1.03 bits per heavy atom. The van der Waals surface area contributed by atoms with Crippen LogP contribution in [0.25, 0.3) is 10.8 Å². The van der Waals surface area contributed by atoms with Gasteiger partial charge in [-0.05, 0) is 30.3 Å². The van der Waals surface area contributed by atoms with E-state index in [0.29, 0.717) is 16.5 Å². The van der Waals surface area contributed by atoms with E-state index in [4.69, 9.17) is 4.55 Å². The predicted octanol–water partition coefficient (Wildman–Crippen LogP) is 3.25. The molecule has 0 radical (unpaired) electrons. The van der Waals surface area contributed by atoms with Gasteiger partial charge in [0.2, 0.25) is 0 Å². The van der Waals surface area contributed by atoms with Gasteiger partial charge in [0.25, 0.3) is 16.0 Å². The molecule has 0 heterocycles. The lowest BCUT2D eigenvalue weighted by Gasteiger charge is -2.09. The van der Waals surface area contributed by atoms with Gasteiger partial charge in [-0.25, -0.2) is 0 Å². The summed E-state index contributed by atoms with van der Waals surface area (Å²) in [5, 5.41) is 25.7. The zero-order valence-electron chi connectivity index (χ0n) is 14.8. The van der Waals surface area contributed by atoms with E-state index in [1.54, 1.807) is 36.4 Å². The van der Waals surface area contributed by atoms with E-state index in [0.717, 1.165) is 12.3 Å². The van der Waals surface area contributed by atoms with Gasteiger partial charge >= 0.3 is 0 Å². The van der Waals surface area contributed by atoms with Gasteiger partial charge in [0, 0.05) is 28.3 Å². The molecule has 0 spiro atoms. The number of nitrogens with zero attached hydrogens (tertiary/aromatic N) is 1. The lowest BCUT2D eigenvalue weighted by Crippen LogP contribution is -2.14. The zero-order valence-corrected chi connectivity index (χ0v) is 15.6. The number of hydrogen-bond acceptors (Lipinski definition) is 6. The summed E-state index contributed by atoms with van der Waals surface area (Å²) in [6, 6.07) is 16.9. The number of hydrogen-bond donors (Lipinski definition) is 4. The van der Waals surface area contributed by atoms with Crippen LogP contribution in [0.1, 0.15) is 0 Å². The second-order valence-corrected chi connectivity index (χ2v) is 7.37. The Labute approximate surface area is 166 Å². The van der Waals surface area contributed by atoms with Crippen LogP contribution in [-0.4, -0.2) is 24.0 Å². The Kier molecular flexibility index (Phi) is 5.50. The summed E-state index contributed by atoms with van der Waals surface area (Å²) < 4.78 is 31.5. The number of benzene rings is 3. The van der Waals surface area contributed by atoms with Crippen molar-refractivity contribution in [2.75, 3.05) is 10.6 Å². The molecule has 0 aliphatic heterocycles. The number of phenols is 1. The van der Waals surface area contributed by atoms with Gasteiger partial charge in [0.05, 0.1) is 4.90 Å². The predicted molar refractivity (Wildman–Crippen MR) is 108 cm³/mol. The number of carbonyl (C=O) groups excluding carboxylic acids is 1. The highest BCUT2D eigenvalue weighted by Gasteiger charge is 2.13. The van der Waals surface area contributed by atoms with E-state index in [1.165, 1.54) is 24.3 Å².